The number of unbranched alkanes of at least 4 members (excludes halogenated alkanes) is 5. The van der Waals surface area contributed by atoms with Gasteiger partial charge in [0, 0.05) is 6.54 Å². The molecule has 0 bridgehead atoms. The molecule has 0 spiro atoms. The van der Waals surface area contributed by atoms with Crippen LogP contribution in [0.1, 0.15) is 50.5 Å². The van der Waals surface area contributed by atoms with Gasteiger partial charge in [0.15, 0.2) is 0 Å². The first-order chi connectivity index (χ1) is 11.7. The zero-order valence-electron chi connectivity index (χ0n) is 14.2. The number of aromatic nitrogens is 1. The van der Waals surface area contributed by atoms with Crippen molar-refractivity contribution in [2.75, 3.05) is 13.1 Å². The van der Waals surface area contributed by atoms with Gasteiger partial charge in [-0.15, -0.1) is 11.3 Å². The largest absolute Gasteiger partial charge is 0.510 e. The van der Waals surface area contributed by atoms with Gasteiger partial charge in [0.2, 0.25) is 0 Å². The lowest BCUT2D eigenvalue weighted by atomic mass is 10.1. The second-order valence-electron chi connectivity index (χ2n) is 6.35. The average Bonchev–Trinajstić information content (AvgIpc) is 3.11. The molecule has 3 rings (SSSR count). The Labute approximate surface area is 147 Å². The Hall–Kier alpha value is -1.88. The van der Waals surface area contributed by atoms with Crippen LogP contribution in [0.3, 0.4) is 0 Å². The van der Waals surface area contributed by atoms with E-state index in [9.17, 15) is 5.11 Å². The number of aliphatic hydroxyl groups excluding tert-OH is 1. The summed E-state index contributed by atoms with van der Waals surface area (Å²) in [5, 5.41) is 19.5. The lowest BCUT2D eigenvalue weighted by Crippen LogP contribution is -2.27. The van der Waals surface area contributed by atoms with Gasteiger partial charge in [-0.05, 0) is 18.6 Å². The molecule has 4 nitrogen and oxygen atoms in total. The zero-order valence-corrected chi connectivity index (χ0v) is 15.0. The van der Waals surface area contributed by atoms with Crippen LogP contribution in [-0.4, -0.2) is 33.9 Å². The Morgan fingerprint density at radius 2 is 1.92 bits per heavy atom. The van der Waals surface area contributed by atoms with Crippen LogP contribution in [0.25, 0.3) is 15.8 Å². The Morgan fingerprint density at radius 1 is 1.17 bits per heavy atom. The normalized spacial score (nSPS) is 15.0. The van der Waals surface area contributed by atoms with Gasteiger partial charge in [-0.3, -0.25) is 5.41 Å². The summed E-state index contributed by atoms with van der Waals surface area (Å²) >= 11 is 1.55. The Kier molecular flexibility index (Phi) is 5.51. The molecule has 0 unspecified atom stereocenters. The van der Waals surface area contributed by atoms with Gasteiger partial charge in [0.05, 0.1) is 22.3 Å². The van der Waals surface area contributed by atoms with Crippen LogP contribution < -0.4 is 0 Å². The minimum absolute atomic E-state index is 0.282. The monoisotopic (exact) mass is 343 g/mol. The maximum Gasteiger partial charge on any atom is 0.135 e. The van der Waals surface area contributed by atoms with Crippen molar-refractivity contribution >= 4 is 33.0 Å². The summed E-state index contributed by atoms with van der Waals surface area (Å²) < 4.78 is 1.09. The van der Waals surface area contributed by atoms with E-state index in [-0.39, 0.29) is 5.76 Å². The quantitative estimate of drug-likeness (QED) is 0.646. The van der Waals surface area contributed by atoms with Crippen molar-refractivity contribution in [3.63, 3.8) is 0 Å². The number of amidine groups is 1. The summed E-state index contributed by atoms with van der Waals surface area (Å²) in [6, 6.07) is 7.95. The van der Waals surface area contributed by atoms with Crippen LogP contribution in [0.15, 0.2) is 30.0 Å². The molecule has 1 aliphatic rings. The molecule has 24 heavy (non-hydrogen) atoms. The lowest BCUT2D eigenvalue weighted by molar-refractivity contribution is 0.344. The molecule has 5 heteroatoms. The van der Waals surface area contributed by atoms with Crippen LogP contribution in [0.5, 0.6) is 0 Å². The van der Waals surface area contributed by atoms with Crippen molar-refractivity contribution in [3.8, 4) is 0 Å². The number of aliphatic hydroxyl groups is 1. The van der Waals surface area contributed by atoms with Crippen LogP contribution in [0, 0.1) is 5.41 Å². The molecule has 2 heterocycles. The van der Waals surface area contributed by atoms with Crippen molar-refractivity contribution in [2.24, 2.45) is 0 Å². The van der Waals surface area contributed by atoms with Gasteiger partial charge in [-0.25, -0.2) is 4.98 Å². The zero-order chi connectivity index (χ0) is 16.9. The van der Waals surface area contributed by atoms with E-state index in [0.29, 0.717) is 18.0 Å². The second-order valence-corrected chi connectivity index (χ2v) is 7.38. The SMILES string of the molecule is CCCCCCCCN1CC(O)=C(c2nc3ccccc3s2)C1=N. The Morgan fingerprint density at radius 3 is 2.71 bits per heavy atom. The highest BCUT2D eigenvalue weighted by atomic mass is 32.1. The second kappa shape index (κ2) is 7.79. The fraction of sp³-hybridized carbons (Fsp3) is 0.474. The Bertz CT molecular complexity index is 717. The van der Waals surface area contributed by atoms with Crippen molar-refractivity contribution in [1.29, 1.82) is 5.41 Å². The molecule has 0 saturated heterocycles. The molecule has 0 radical (unpaired) electrons. The van der Waals surface area contributed by atoms with Crippen LogP contribution in [0.2, 0.25) is 0 Å². The van der Waals surface area contributed by atoms with Crippen molar-refractivity contribution in [1.82, 2.24) is 9.88 Å². The molecule has 1 aromatic heterocycles. The molecule has 1 aromatic carbocycles. The predicted octanol–water partition coefficient (Wildman–Crippen LogP) is 5.22. The van der Waals surface area contributed by atoms with Crippen LogP contribution in [-0.2, 0) is 0 Å². The predicted molar refractivity (Wildman–Crippen MR) is 102 cm³/mol. The molecular weight excluding hydrogens is 318 g/mol. The third-order valence-electron chi connectivity index (χ3n) is 4.47. The van der Waals surface area contributed by atoms with Crippen LogP contribution >= 0.6 is 11.3 Å². The number of nitrogens with zero attached hydrogens (tertiary/aromatic N) is 2. The third kappa shape index (κ3) is 3.61. The maximum atomic E-state index is 10.3. The smallest absolute Gasteiger partial charge is 0.135 e. The number of rotatable bonds is 8. The number of thiazole rings is 1. The fourth-order valence-electron chi connectivity index (χ4n) is 3.11. The van der Waals surface area contributed by atoms with Crippen molar-refractivity contribution in [3.05, 3.63) is 35.0 Å². The molecule has 0 saturated carbocycles. The summed E-state index contributed by atoms with van der Waals surface area (Å²) in [4.78, 5) is 6.56. The first kappa shape index (κ1) is 17.0. The van der Waals surface area contributed by atoms with E-state index in [0.717, 1.165) is 28.2 Å². The Balaban J connectivity index is 1.61. The third-order valence-corrected chi connectivity index (χ3v) is 5.53. The van der Waals surface area contributed by atoms with Gasteiger partial charge in [-0.1, -0.05) is 51.2 Å². The first-order valence-corrected chi connectivity index (χ1v) is 9.64. The standard InChI is InChI=1S/C19H25N3OS/c1-2-3-4-5-6-9-12-22-13-15(23)17(18(22)20)19-21-14-10-7-8-11-16(14)24-19/h7-8,10-11,20,23H,2-6,9,12-13H2,1H3. The van der Waals surface area contributed by atoms with E-state index in [1.165, 1.54) is 32.1 Å². The number of fused-ring (bicyclic) bond motifs is 1. The van der Waals surface area contributed by atoms with E-state index in [1.807, 2.05) is 29.2 Å². The highest BCUT2D eigenvalue weighted by molar-refractivity contribution is 7.19. The number of benzene rings is 1. The summed E-state index contributed by atoms with van der Waals surface area (Å²) in [6.45, 7) is 3.51. The summed E-state index contributed by atoms with van der Waals surface area (Å²) in [5.41, 5.74) is 1.54. The van der Waals surface area contributed by atoms with Gasteiger partial charge in [0.25, 0.3) is 0 Å². The van der Waals surface area contributed by atoms with E-state index in [2.05, 4.69) is 11.9 Å². The van der Waals surface area contributed by atoms with E-state index in [4.69, 9.17) is 5.41 Å². The van der Waals surface area contributed by atoms with E-state index >= 15 is 0 Å². The maximum absolute atomic E-state index is 10.3. The average molecular weight is 343 g/mol. The van der Waals surface area contributed by atoms with Crippen molar-refractivity contribution in [2.45, 2.75) is 45.4 Å². The van der Waals surface area contributed by atoms with Crippen LogP contribution in [0.4, 0.5) is 0 Å². The molecule has 2 N–H and O–H groups in total. The topological polar surface area (TPSA) is 60.2 Å². The molecule has 128 valence electrons. The number of hydrogen-bond donors (Lipinski definition) is 2. The summed E-state index contributed by atoms with van der Waals surface area (Å²) in [7, 11) is 0. The van der Waals surface area contributed by atoms with E-state index < -0.39 is 0 Å². The van der Waals surface area contributed by atoms with Gasteiger partial charge < -0.3 is 10.0 Å². The fourth-order valence-corrected chi connectivity index (χ4v) is 4.15. The van der Waals surface area contributed by atoms with Gasteiger partial charge >= 0.3 is 0 Å². The molecule has 1 aliphatic heterocycles. The minimum atomic E-state index is 0.282. The summed E-state index contributed by atoms with van der Waals surface area (Å²) in [6.07, 6.45) is 7.41. The molecule has 2 aromatic rings. The summed E-state index contributed by atoms with van der Waals surface area (Å²) in [5.74, 6) is 0.699. The molecule has 0 amide bonds. The van der Waals surface area contributed by atoms with Gasteiger partial charge in [-0.2, -0.15) is 0 Å². The molecule has 0 aliphatic carbocycles. The number of nitrogens with one attached hydrogen (secondary N) is 1. The molecule has 0 atom stereocenters. The lowest BCUT2D eigenvalue weighted by Gasteiger charge is -2.18. The first-order valence-electron chi connectivity index (χ1n) is 8.82. The highest BCUT2D eigenvalue weighted by Gasteiger charge is 2.29. The highest BCUT2D eigenvalue weighted by Crippen LogP contribution is 2.33. The molecular formula is C19H25N3OS. The number of para-hydroxylation sites is 1. The number of hydrogen-bond acceptors (Lipinski definition) is 4. The van der Waals surface area contributed by atoms with E-state index in [1.54, 1.807) is 11.3 Å². The molecule has 0 fully saturated rings. The van der Waals surface area contributed by atoms with Gasteiger partial charge in [0.1, 0.15) is 16.6 Å². The minimum Gasteiger partial charge on any atom is -0.510 e. The van der Waals surface area contributed by atoms with Crippen molar-refractivity contribution < 1.29 is 5.11 Å².